The molecule has 1 atom stereocenters. The molecule has 0 aliphatic heterocycles. The zero-order valence-corrected chi connectivity index (χ0v) is 18.7. The predicted octanol–water partition coefficient (Wildman–Crippen LogP) is 6.77. The molecule has 0 aromatic carbocycles. The van der Waals surface area contributed by atoms with E-state index in [2.05, 4.69) is 20.8 Å². The second-order valence-corrected chi connectivity index (χ2v) is 7.60. The fraction of sp³-hybridized carbons (Fsp3) is 0.833. The Labute approximate surface area is 173 Å². The molecule has 0 aromatic rings. The average Bonchev–Trinajstić information content (AvgIpc) is 2.69. The van der Waals surface area contributed by atoms with Gasteiger partial charge in [0.1, 0.15) is 0 Å². The summed E-state index contributed by atoms with van der Waals surface area (Å²) in [4.78, 5) is 24.5. The third-order valence-electron chi connectivity index (χ3n) is 4.79. The van der Waals surface area contributed by atoms with E-state index in [0.29, 0.717) is 13.2 Å². The monoisotopic (exact) mass is 396 g/mol. The number of ether oxygens (including phenoxy) is 2. The van der Waals surface area contributed by atoms with E-state index >= 15 is 0 Å². The lowest BCUT2D eigenvalue weighted by molar-refractivity contribution is -0.153. The molecule has 0 rings (SSSR count). The number of esters is 2. The highest BCUT2D eigenvalue weighted by Gasteiger charge is 2.21. The largest absolute Gasteiger partial charge is 0.466 e. The molecule has 0 heterocycles. The summed E-state index contributed by atoms with van der Waals surface area (Å²) in [5.41, 5.74) is 0. The summed E-state index contributed by atoms with van der Waals surface area (Å²) in [6.45, 7) is 7.38. The molecule has 0 spiro atoms. The molecule has 0 bridgehead atoms. The van der Waals surface area contributed by atoms with Crippen molar-refractivity contribution in [3.63, 3.8) is 0 Å². The Kier molecular flexibility index (Phi) is 19.5. The normalized spacial score (nSPS) is 12.2. The summed E-state index contributed by atoms with van der Waals surface area (Å²) in [7, 11) is 0. The van der Waals surface area contributed by atoms with Gasteiger partial charge in [-0.3, -0.25) is 9.59 Å². The van der Waals surface area contributed by atoms with E-state index in [1.54, 1.807) is 0 Å². The van der Waals surface area contributed by atoms with Gasteiger partial charge in [-0.05, 0) is 25.7 Å². The van der Waals surface area contributed by atoms with Gasteiger partial charge in [0.2, 0.25) is 0 Å². The van der Waals surface area contributed by atoms with Gasteiger partial charge in [-0.1, -0.05) is 90.7 Å². The molecule has 0 aromatic heterocycles. The number of carbonyl (C=O) groups is 2. The maximum Gasteiger partial charge on any atom is 0.313 e. The van der Waals surface area contributed by atoms with E-state index in [1.165, 1.54) is 19.3 Å². The molecule has 0 radical (unpaired) electrons. The summed E-state index contributed by atoms with van der Waals surface area (Å²) >= 11 is 0. The number of hydrogen-bond donors (Lipinski definition) is 0. The minimum absolute atomic E-state index is 0.0764. The summed E-state index contributed by atoms with van der Waals surface area (Å²) in [6.07, 6.45) is 18.2. The predicted molar refractivity (Wildman–Crippen MR) is 116 cm³/mol. The van der Waals surface area contributed by atoms with Crippen LogP contribution < -0.4 is 0 Å². The minimum Gasteiger partial charge on any atom is -0.466 e. The van der Waals surface area contributed by atoms with Crippen molar-refractivity contribution in [2.24, 2.45) is 5.92 Å². The molecule has 0 aliphatic carbocycles. The summed E-state index contributed by atoms with van der Waals surface area (Å²) in [5.74, 6) is -1.13. The summed E-state index contributed by atoms with van der Waals surface area (Å²) in [5, 5.41) is 0. The van der Waals surface area contributed by atoms with Crippen LogP contribution in [0.2, 0.25) is 0 Å². The first-order valence-electron chi connectivity index (χ1n) is 11.6. The molecule has 28 heavy (non-hydrogen) atoms. The number of allylic oxidation sites excluding steroid dienone is 1. The lowest BCUT2D eigenvalue weighted by Gasteiger charge is -2.13. The average molecular weight is 397 g/mol. The number of unbranched alkanes of at least 4 members (excludes halogenated alkanes) is 10. The zero-order chi connectivity index (χ0) is 20.9. The van der Waals surface area contributed by atoms with Gasteiger partial charge in [0, 0.05) is 0 Å². The highest BCUT2D eigenvalue weighted by Crippen LogP contribution is 2.13. The van der Waals surface area contributed by atoms with Crippen molar-refractivity contribution in [1.82, 2.24) is 0 Å². The highest BCUT2D eigenvalue weighted by molar-refractivity contribution is 5.81. The molecule has 0 N–H and O–H groups in total. The van der Waals surface area contributed by atoms with Crippen LogP contribution in [0.3, 0.4) is 0 Å². The van der Waals surface area contributed by atoms with Crippen LogP contribution in [0.25, 0.3) is 0 Å². The Balaban J connectivity index is 4.38. The maximum atomic E-state index is 12.4. The van der Waals surface area contributed by atoms with Crippen LogP contribution in [0.4, 0.5) is 0 Å². The number of hydrogen-bond acceptors (Lipinski definition) is 4. The van der Waals surface area contributed by atoms with Gasteiger partial charge < -0.3 is 9.47 Å². The van der Waals surface area contributed by atoms with Crippen LogP contribution in [0.15, 0.2) is 12.2 Å². The quantitative estimate of drug-likeness (QED) is 0.137. The molecule has 0 aliphatic rings. The van der Waals surface area contributed by atoms with E-state index in [9.17, 15) is 9.59 Å². The highest BCUT2D eigenvalue weighted by atomic mass is 16.5. The first kappa shape index (κ1) is 26.7. The third kappa shape index (κ3) is 16.8. The van der Waals surface area contributed by atoms with Crippen LogP contribution >= 0.6 is 0 Å². The Morgan fingerprint density at radius 3 is 1.82 bits per heavy atom. The molecule has 164 valence electrons. The van der Waals surface area contributed by atoms with Gasteiger partial charge in [0.05, 0.1) is 25.6 Å². The maximum absolute atomic E-state index is 12.4. The van der Waals surface area contributed by atoms with Crippen LogP contribution in [0.1, 0.15) is 111 Å². The molecule has 0 fully saturated rings. The molecule has 4 heteroatoms. The van der Waals surface area contributed by atoms with Gasteiger partial charge in [0.15, 0.2) is 0 Å². The van der Waals surface area contributed by atoms with Crippen LogP contribution in [0, 0.1) is 5.92 Å². The second kappa shape index (κ2) is 20.4. The zero-order valence-electron chi connectivity index (χ0n) is 18.7. The van der Waals surface area contributed by atoms with Crippen molar-refractivity contribution in [2.45, 2.75) is 111 Å². The molecule has 1 unspecified atom stereocenters. The van der Waals surface area contributed by atoms with Crippen molar-refractivity contribution >= 4 is 11.9 Å². The van der Waals surface area contributed by atoms with Gasteiger partial charge >= 0.3 is 11.9 Å². The smallest absolute Gasteiger partial charge is 0.313 e. The van der Waals surface area contributed by atoms with E-state index in [-0.39, 0.29) is 18.4 Å². The lowest BCUT2D eigenvalue weighted by atomic mass is 10.0. The van der Waals surface area contributed by atoms with E-state index in [1.807, 2.05) is 12.2 Å². The van der Waals surface area contributed by atoms with Gasteiger partial charge in [0.25, 0.3) is 0 Å². The first-order valence-corrected chi connectivity index (χ1v) is 11.6. The van der Waals surface area contributed by atoms with Crippen molar-refractivity contribution in [2.75, 3.05) is 13.2 Å². The van der Waals surface area contributed by atoms with Crippen LogP contribution in [-0.4, -0.2) is 25.2 Å². The van der Waals surface area contributed by atoms with E-state index < -0.39 is 5.92 Å². The van der Waals surface area contributed by atoms with Crippen LogP contribution in [-0.2, 0) is 19.1 Å². The Hall–Kier alpha value is -1.32. The standard InChI is InChI=1S/C24H44O4/c1-4-7-10-13-14-15-18-22(24(26)28-20-17-12-9-6-3)21-23(25)27-19-16-11-8-5-2/h15,18,22H,4-14,16-17,19-21H2,1-3H3. The molecule has 4 nitrogen and oxygen atoms in total. The molecular formula is C24H44O4. The Bertz CT molecular complexity index is 403. The van der Waals surface area contributed by atoms with Gasteiger partial charge in [-0.2, -0.15) is 0 Å². The molecular weight excluding hydrogens is 352 g/mol. The Morgan fingerprint density at radius 2 is 1.25 bits per heavy atom. The number of carbonyl (C=O) groups excluding carboxylic acids is 2. The second-order valence-electron chi connectivity index (χ2n) is 7.60. The molecule has 0 amide bonds. The van der Waals surface area contributed by atoms with Crippen LogP contribution in [0.5, 0.6) is 0 Å². The van der Waals surface area contributed by atoms with E-state index in [4.69, 9.17) is 9.47 Å². The minimum atomic E-state index is -0.527. The Morgan fingerprint density at radius 1 is 0.714 bits per heavy atom. The topological polar surface area (TPSA) is 52.6 Å². The summed E-state index contributed by atoms with van der Waals surface area (Å²) < 4.78 is 10.7. The third-order valence-corrected chi connectivity index (χ3v) is 4.79. The summed E-state index contributed by atoms with van der Waals surface area (Å²) in [6, 6.07) is 0. The first-order chi connectivity index (χ1) is 13.7. The van der Waals surface area contributed by atoms with Crippen molar-refractivity contribution in [3.8, 4) is 0 Å². The SMILES string of the molecule is CCCCCCC=CC(CC(=O)OCCCCCC)C(=O)OCCCCCC. The van der Waals surface area contributed by atoms with Crippen molar-refractivity contribution in [3.05, 3.63) is 12.2 Å². The number of rotatable bonds is 19. The van der Waals surface area contributed by atoms with E-state index in [0.717, 1.165) is 64.2 Å². The van der Waals surface area contributed by atoms with Gasteiger partial charge in [-0.15, -0.1) is 0 Å². The fourth-order valence-electron chi connectivity index (χ4n) is 2.94. The lowest BCUT2D eigenvalue weighted by Crippen LogP contribution is -2.21. The van der Waals surface area contributed by atoms with Gasteiger partial charge in [-0.25, -0.2) is 0 Å². The fourth-order valence-corrected chi connectivity index (χ4v) is 2.94. The molecule has 0 saturated carbocycles. The van der Waals surface area contributed by atoms with Crippen molar-refractivity contribution in [1.29, 1.82) is 0 Å². The van der Waals surface area contributed by atoms with Crippen molar-refractivity contribution < 1.29 is 19.1 Å². The molecule has 0 saturated heterocycles.